The number of aromatic nitrogens is 1. The number of aryl methyl sites for hydroxylation is 1. The fraction of sp³-hybridized carbons (Fsp3) is 0.208. The van der Waals surface area contributed by atoms with Gasteiger partial charge in [0.05, 0.1) is 5.92 Å². The number of amides is 2. The molecule has 2 amide bonds. The molecule has 2 heterocycles. The molecule has 2 aromatic rings. The number of likely N-dealkylation sites (tertiary alicyclic amines) is 1. The summed E-state index contributed by atoms with van der Waals surface area (Å²) >= 11 is 0. The second-order valence-electron chi connectivity index (χ2n) is 6.92. The van der Waals surface area contributed by atoms with Gasteiger partial charge < -0.3 is 0 Å². The second kappa shape index (κ2) is 8.06. The maximum absolute atomic E-state index is 12.5. The third-order valence-electron chi connectivity index (χ3n) is 5.02. The molecule has 1 aromatic carbocycles. The van der Waals surface area contributed by atoms with E-state index in [-0.39, 0.29) is 17.7 Å². The van der Waals surface area contributed by atoms with Gasteiger partial charge in [0.15, 0.2) is 0 Å². The molecule has 0 N–H and O–H groups in total. The van der Waals surface area contributed by atoms with E-state index in [1.165, 1.54) is 4.90 Å². The molecule has 0 bridgehead atoms. The number of nitrogens with zero attached hydrogens (tertiary/aromatic N) is 2. The highest BCUT2D eigenvalue weighted by atomic mass is 16.2. The average molecular weight is 368 g/mol. The van der Waals surface area contributed by atoms with Gasteiger partial charge in [0.1, 0.15) is 0 Å². The van der Waals surface area contributed by atoms with Crippen LogP contribution in [-0.2, 0) is 16.0 Å². The van der Waals surface area contributed by atoms with E-state index in [0.717, 1.165) is 29.5 Å². The summed E-state index contributed by atoms with van der Waals surface area (Å²) < 4.78 is 0. The Balaban J connectivity index is 1.37. The Morgan fingerprint density at radius 1 is 1.07 bits per heavy atom. The van der Waals surface area contributed by atoms with E-state index in [1.807, 2.05) is 36.4 Å². The van der Waals surface area contributed by atoms with Crippen molar-refractivity contribution >= 4 is 11.8 Å². The number of fused-ring (bicyclic) bond motifs is 1. The molecule has 1 unspecified atom stereocenters. The van der Waals surface area contributed by atoms with Crippen molar-refractivity contribution in [3.8, 4) is 11.8 Å². The normalized spacial score (nSPS) is 17.8. The molecule has 0 saturated carbocycles. The number of pyridine rings is 1. The molecule has 1 aromatic heterocycles. The number of carbonyl (C=O) groups excluding carboxylic acids is 2. The van der Waals surface area contributed by atoms with Crippen molar-refractivity contribution in [1.29, 1.82) is 0 Å². The van der Waals surface area contributed by atoms with Crippen molar-refractivity contribution in [2.24, 2.45) is 5.92 Å². The molecule has 1 fully saturated rings. The van der Waals surface area contributed by atoms with E-state index >= 15 is 0 Å². The van der Waals surface area contributed by atoms with E-state index in [1.54, 1.807) is 18.5 Å². The Kier molecular flexibility index (Phi) is 5.16. The van der Waals surface area contributed by atoms with Gasteiger partial charge in [-0.1, -0.05) is 42.2 Å². The zero-order valence-electron chi connectivity index (χ0n) is 15.5. The quantitative estimate of drug-likeness (QED) is 0.615. The van der Waals surface area contributed by atoms with Crippen LogP contribution in [0.4, 0.5) is 0 Å². The van der Waals surface area contributed by atoms with E-state index in [9.17, 15) is 9.59 Å². The molecule has 1 saturated heterocycles. The molecule has 138 valence electrons. The number of hydrogen-bond donors (Lipinski definition) is 0. The number of benzene rings is 1. The highest BCUT2D eigenvalue weighted by molar-refractivity contribution is 6.15. The average Bonchev–Trinajstić information content (AvgIpc) is 2.98. The lowest BCUT2D eigenvalue weighted by Gasteiger charge is -2.14. The van der Waals surface area contributed by atoms with Crippen molar-refractivity contribution in [2.45, 2.75) is 19.3 Å². The summed E-state index contributed by atoms with van der Waals surface area (Å²) in [6.45, 7) is 0.457. The van der Waals surface area contributed by atoms with Crippen LogP contribution >= 0.6 is 0 Å². The molecule has 4 nitrogen and oxygen atoms in total. The van der Waals surface area contributed by atoms with Crippen LogP contribution in [0.5, 0.6) is 0 Å². The van der Waals surface area contributed by atoms with Crippen molar-refractivity contribution < 1.29 is 9.59 Å². The zero-order valence-corrected chi connectivity index (χ0v) is 15.5. The van der Waals surface area contributed by atoms with E-state index in [4.69, 9.17) is 0 Å². The van der Waals surface area contributed by atoms with Crippen LogP contribution in [-0.4, -0.2) is 28.2 Å². The molecule has 1 atom stereocenters. The third-order valence-corrected chi connectivity index (χ3v) is 5.02. The molecule has 0 radical (unpaired) electrons. The highest BCUT2D eigenvalue weighted by Crippen LogP contribution is 2.31. The van der Waals surface area contributed by atoms with Crippen LogP contribution in [0.3, 0.4) is 0 Å². The highest BCUT2D eigenvalue weighted by Gasteiger charge is 2.42. The van der Waals surface area contributed by atoms with E-state index in [2.05, 4.69) is 29.0 Å². The van der Waals surface area contributed by atoms with Crippen molar-refractivity contribution in [2.75, 3.05) is 6.54 Å². The van der Waals surface area contributed by atoms with Gasteiger partial charge in [-0.15, -0.1) is 0 Å². The minimum atomic E-state index is -0.274. The number of allylic oxidation sites excluding steroid dienone is 3. The fourth-order valence-electron chi connectivity index (χ4n) is 3.56. The Hall–Kier alpha value is -3.45. The van der Waals surface area contributed by atoms with Crippen LogP contribution in [0.1, 0.15) is 29.5 Å². The van der Waals surface area contributed by atoms with Gasteiger partial charge in [-0.05, 0) is 49.1 Å². The van der Waals surface area contributed by atoms with Gasteiger partial charge in [-0.2, -0.15) is 0 Å². The summed E-state index contributed by atoms with van der Waals surface area (Å²) in [4.78, 5) is 30.3. The lowest BCUT2D eigenvalue weighted by Crippen LogP contribution is -2.31. The first-order chi connectivity index (χ1) is 13.7. The molecule has 0 spiro atoms. The minimum absolute atomic E-state index is 0.0578. The Labute approximate surface area is 164 Å². The van der Waals surface area contributed by atoms with E-state index in [0.29, 0.717) is 18.5 Å². The molecule has 4 heteroatoms. The van der Waals surface area contributed by atoms with Gasteiger partial charge in [0.25, 0.3) is 5.91 Å². The van der Waals surface area contributed by atoms with Crippen LogP contribution in [0.15, 0.2) is 72.6 Å². The van der Waals surface area contributed by atoms with Crippen molar-refractivity contribution in [1.82, 2.24) is 9.88 Å². The first-order valence-electron chi connectivity index (χ1n) is 9.46. The Bertz CT molecular complexity index is 1030. The molecule has 2 aliphatic rings. The SMILES string of the molecule is O=C1C2=CC=CCC2C(=O)N1CCCc1cccc(C#Cc2ccncc2)c1. The lowest BCUT2D eigenvalue weighted by atomic mass is 9.94. The predicted molar refractivity (Wildman–Crippen MR) is 107 cm³/mol. The molecule has 28 heavy (non-hydrogen) atoms. The standard InChI is InChI=1S/C24H20N2O2/c27-23-21-8-1-2-9-22(21)24(28)26(23)16-4-7-19-5-3-6-20(17-19)11-10-18-12-14-25-15-13-18/h1-3,5-6,8,12-15,17,22H,4,7,9,16H2. The monoisotopic (exact) mass is 368 g/mol. The Morgan fingerprint density at radius 3 is 2.71 bits per heavy atom. The van der Waals surface area contributed by atoms with Crippen LogP contribution in [0.2, 0.25) is 0 Å². The summed E-state index contributed by atoms with van der Waals surface area (Å²) in [5.74, 6) is 5.84. The van der Waals surface area contributed by atoms with Crippen LogP contribution in [0.25, 0.3) is 0 Å². The zero-order chi connectivity index (χ0) is 19.3. The van der Waals surface area contributed by atoms with Gasteiger partial charge >= 0.3 is 0 Å². The Morgan fingerprint density at radius 2 is 1.89 bits per heavy atom. The molecule has 4 rings (SSSR count). The maximum atomic E-state index is 12.5. The summed E-state index contributed by atoms with van der Waals surface area (Å²) in [5, 5.41) is 0. The van der Waals surface area contributed by atoms with Gasteiger partial charge in [0.2, 0.25) is 5.91 Å². The summed E-state index contributed by atoms with van der Waals surface area (Å²) in [5.41, 5.74) is 3.67. The number of hydrogen-bond acceptors (Lipinski definition) is 3. The minimum Gasteiger partial charge on any atom is -0.278 e. The van der Waals surface area contributed by atoms with Gasteiger partial charge in [0, 0.05) is 35.6 Å². The fourth-order valence-corrected chi connectivity index (χ4v) is 3.56. The van der Waals surface area contributed by atoms with Gasteiger partial charge in [-0.25, -0.2) is 0 Å². The second-order valence-corrected chi connectivity index (χ2v) is 6.92. The first kappa shape index (κ1) is 17.9. The number of carbonyl (C=O) groups is 2. The number of rotatable bonds is 4. The summed E-state index contributed by atoms with van der Waals surface area (Å²) in [7, 11) is 0. The summed E-state index contributed by atoms with van der Waals surface area (Å²) in [6.07, 6.45) is 11.2. The smallest absolute Gasteiger partial charge is 0.257 e. The van der Waals surface area contributed by atoms with Crippen LogP contribution in [0, 0.1) is 17.8 Å². The first-order valence-corrected chi connectivity index (χ1v) is 9.46. The number of imide groups is 1. The lowest BCUT2D eigenvalue weighted by molar-refractivity contribution is -0.139. The van der Waals surface area contributed by atoms with Crippen molar-refractivity contribution in [3.05, 3.63) is 89.3 Å². The topological polar surface area (TPSA) is 50.3 Å². The predicted octanol–water partition coefficient (Wildman–Crippen LogP) is 3.29. The molecule has 1 aliphatic carbocycles. The maximum Gasteiger partial charge on any atom is 0.257 e. The van der Waals surface area contributed by atoms with E-state index < -0.39 is 0 Å². The third kappa shape index (κ3) is 3.79. The molecular formula is C24H20N2O2. The summed E-state index contributed by atoms with van der Waals surface area (Å²) in [6, 6.07) is 11.8. The van der Waals surface area contributed by atoms with Crippen molar-refractivity contribution in [3.63, 3.8) is 0 Å². The van der Waals surface area contributed by atoms with Gasteiger partial charge in [-0.3, -0.25) is 19.5 Å². The molecule has 1 aliphatic heterocycles. The van der Waals surface area contributed by atoms with Crippen LogP contribution < -0.4 is 0 Å². The molecular weight excluding hydrogens is 348 g/mol. The largest absolute Gasteiger partial charge is 0.278 e.